The van der Waals surface area contributed by atoms with Gasteiger partial charge in [0.1, 0.15) is 33.9 Å². The van der Waals surface area contributed by atoms with Crippen molar-refractivity contribution in [2.75, 3.05) is 18.5 Å². The zero-order valence-electron chi connectivity index (χ0n) is 19.2. The number of anilines is 1. The monoisotopic (exact) mass is 523 g/mol. The molecule has 6 rings (SSSR count). The molecule has 3 aromatic rings. The third-order valence-corrected chi connectivity index (χ3v) is 7.90. The number of fused-ring (bicyclic) bond motifs is 4. The predicted molar refractivity (Wildman–Crippen MR) is 131 cm³/mol. The fraction of sp³-hybridized carbons (Fsp3) is 0.440. The van der Waals surface area contributed by atoms with Gasteiger partial charge in [0.2, 0.25) is 5.91 Å². The molecule has 1 saturated heterocycles. The number of carbonyl (C=O) groups excluding carboxylic acids is 2. The van der Waals surface area contributed by atoms with Crippen molar-refractivity contribution in [2.24, 2.45) is 5.41 Å². The summed E-state index contributed by atoms with van der Waals surface area (Å²) in [7, 11) is 0. The average Bonchev–Trinajstić information content (AvgIpc) is 3.16. The number of hydrogen-bond acceptors (Lipinski definition) is 6. The second kappa shape index (κ2) is 7.80. The number of rotatable bonds is 1. The molecule has 0 bridgehead atoms. The average molecular weight is 524 g/mol. The van der Waals surface area contributed by atoms with E-state index >= 15 is 0 Å². The minimum atomic E-state index is -0.130. The summed E-state index contributed by atoms with van der Waals surface area (Å²) in [5, 5.41) is 8.79. The summed E-state index contributed by atoms with van der Waals surface area (Å²) in [4.78, 5) is 32.7. The summed E-state index contributed by atoms with van der Waals surface area (Å²) in [6.45, 7) is 4.91. The number of ether oxygens (including phenoxy) is 1. The molecule has 3 aliphatic rings. The molecule has 1 aromatic carbocycles. The van der Waals surface area contributed by atoms with E-state index in [1.807, 2.05) is 35.2 Å². The topological polar surface area (TPSA) is 89.3 Å². The van der Waals surface area contributed by atoms with Gasteiger partial charge in [0.25, 0.3) is 0 Å². The number of nitrogens with zero attached hydrogens (tertiary/aromatic N) is 4. The van der Waals surface area contributed by atoms with E-state index in [4.69, 9.17) is 4.74 Å². The van der Waals surface area contributed by atoms with E-state index in [0.29, 0.717) is 41.9 Å². The number of piperidine rings is 1. The molecule has 0 radical (unpaired) electrons. The maximum absolute atomic E-state index is 13.7. The number of halogens is 1. The number of amides is 1. The number of pyridine rings is 1. The summed E-state index contributed by atoms with van der Waals surface area (Å²) >= 11 is 3.48. The number of benzene rings is 1. The maximum Gasteiger partial charge on any atom is 0.244 e. The molecule has 1 aliphatic carbocycles. The van der Waals surface area contributed by atoms with Crippen LogP contribution in [0.3, 0.4) is 0 Å². The van der Waals surface area contributed by atoms with Gasteiger partial charge >= 0.3 is 0 Å². The molecule has 34 heavy (non-hydrogen) atoms. The van der Waals surface area contributed by atoms with Gasteiger partial charge in [-0.2, -0.15) is 5.10 Å². The molecule has 1 saturated carbocycles. The molecule has 9 heteroatoms. The van der Waals surface area contributed by atoms with Crippen LogP contribution in [0.1, 0.15) is 42.7 Å². The van der Waals surface area contributed by atoms with Gasteiger partial charge in [0.15, 0.2) is 5.78 Å². The van der Waals surface area contributed by atoms with Crippen LogP contribution in [0.5, 0.6) is 5.75 Å². The largest absolute Gasteiger partial charge is 0.491 e. The van der Waals surface area contributed by atoms with Crippen molar-refractivity contribution in [3.63, 3.8) is 0 Å². The van der Waals surface area contributed by atoms with E-state index in [-0.39, 0.29) is 35.7 Å². The van der Waals surface area contributed by atoms with Crippen molar-refractivity contribution in [1.29, 1.82) is 0 Å². The van der Waals surface area contributed by atoms with Crippen LogP contribution in [0.15, 0.2) is 34.9 Å². The van der Waals surface area contributed by atoms with E-state index < -0.39 is 0 Å². The third-order valence-electron chi connectivity index (χ3n) is 7.45. The van der Waals surface area contributed by atoms with Crippen molar-refractivity contribution >= 4 is 44.3 Å². The van der Waals surface area contributed by atoms with Gasteiger partial charge in [-0.3, -0.25) is 14.3 Å². The zero-order valence-corrected chi connectivity index (χ0v) is 20.8. The Morgan fingerprint density at radius 1 is 1.26 bits per heavy atom. The molecule has 1 N–H and O–H groups in total. The lowest BCUT2D eigenvalue weighted by Gasteiger charge is -2.29. The molecule has 3 atom stereocenters. The van der Waals surface area contributed by atoms with Gasteiger partial charge in [-0.15, -0.1) is 0 Å². The number of para-hydroxylation sites is 1. The molecule has 8 nitrogen and oxygen atoms in total. The van der Waals surface area contributed by atoms with Crippen molar-refractivity contribution in [3.05, 3.63) is 46.2 Å². The predicted octanol–water partition coefficient (Wildman–Crippen LogP) is 3.82. The lowest BCUT2D eigenvalue weighted by Crippen LogP contribution is -2.44. The summed E-state index contributed by atoms with van der Waals surface area (Å²) in [6.07, 6.45) is 2.66. The van der Waals surface area contributed by atoms with Crippen LogP contribution < -0.4 is 10.1 Å². The van der Waals surface area contributed by atoms with Gasteiger partial charge in [-0.05, 0) is 51.9 Å². The lowest BCUT2D eigenvalue weighted by atomic mass is 10.0. The highest BCUT2D eigenvalue weighted by Crippen LogP contribution is 2.59. The Bertz CT molecular complexity index is 1340. The molecule has 4 heterocycles. The Morgan fingerprint density at radius 3 is 2.94 bits per heavy atom. The smallest absolute Gasteiger partial charge is 0.244 e. The Kier molecular flexibility index (Phi) is 4.95. The van der Waals surface area contributed by atoms with Gasteiger partial charge in [-0.1, -0.05) is 25.1 Å². The van der Waals surface area contributed by atoms with Crippen LogP contribution in [-0.2, 0) is 17.8 Å². The standard InChI is InChI=1S/C25H26BrN5O3/c1-14(32)22-17-4-3-5-18-23(17)30(29-22)13-21(33)31-16(10-25(2)11-19(25)31)12-27-24-15(8-9-34-18)6-7-20(26)28-24/h3-7,16,19H,8-13H2,1-2H3,(H,27,28)/t16-,19+,25?/m0/s1. The molecular formula is C25H26BrN5O3. The van der Waals surface area contributed by atoms with E-state index in [9.17, 15) is 9.59 Å². The lowest BCUT2D eigenvalue weighted by molar-refractivity contribution is -0.133. The SMILES string of the molecule is CC(=O)c1nn2c3c(cccc13)OCCc1ccc(Br)nc1NC[C@@H]1CC3(C)C[C@H]3N1C(=O)C2. The molecule has 2 fully saturated rings. The Morgan fingerprint density at radius 2 is 2.12 bits per heavy atom. The quantitative estimate of drug-likeness (QED) is 0.385. The molecular weight excluding hydrogens is 498 g/mol. The fourth-order valence-corrected chi connectivity index (χ4v) is 5.99. The molecule has 0 spiro atoms. The first-order chi connectivity index (χ1) is 16.3. The Labute approximate surface area is 205 Å². The highest BCUT2D eigenvalue weighted by atomic mass is 79.9. The van der Waals surface area contributed by atoms with Crippen LogP contribution in [0.2, 0.25) is 0 Å². The van der Waals surface area contributed by atoms with E-state index in [0.717, 1.165) is 28.8 Å². The van der Waals surface area contributed by atoms with E-state index in [2.05, 4.69) is 38.3 Å². The summed E-state index contributed by atoms with van der Waals surface area (Å²) < 4.78 is 8.61. The highest BCUT2D eigenvalue weighted by molar-refractivity contribution is 9.10. The molecule has 2 aromatic heterocycles. The number of ketones is 1. The van der Waals surface area contributed by atoms with Crippen molar-refractivity contribution < 1.29 is 14.3 Å². The van der Waals surface area contributed by atoms with Crippen LogP contribution in [0, 0.1) is 5.41 Å². The molecule has 176 valence electrons. The third kappa shape index (κ3) is 3.48. The zero-order chi connectivity index (χ0) is 23.6. The normalized spacial score (nSPS) is 26.1. The molecule has 1 amide bonds. The second-order valence-electron chi connectivity index (χ2n) is 9.87. The van der Waals surface area contributed by atoms with Crippen LogP contribution >= 0.6 is 15.9 Å². The summed E-state index contributed by atoms with van der Waals surface area (Å²) in [5.41, 5.74) is 2.29. The summed E-state index contributed by atoms with van der Waals surface area (Å²) in [6, 6.07) is 9.91. The number of aromatic nitrogens is 3. The first-order valence-electron chi connectivity index (χ1n) is 11.7. The van der Waals surface area contributed by atoms with Crippen molar-refractivity contribution in [3.8, 4) is 5.75 Å². The van der Waals surface area contributed by atoms with Crippen LogP contribution in [-0.4, -0.2) is 56.6 Å². The Balaban J connectivity index is 1.46. The minimum absolute atomic E-state index is 0.0202. The van der Waals surface area contributed by atoms with E-state index in [1.165, 1.54) is 6.92 Å². The summed E-state index contributed by atoms with van der Waals surface area (Å²) in [5.74, 6) is 1.33. The van der Waals surface area contributed by atoms with E-state index in [1.54, 1.807) is 4.68 Å². The number of Topliss-reactive ketones (excluding diaryl/α,β-unsaturated/α-hetero) is 1. The van der Waals surface area contributed by atoms with Gasteiger partial charge in [-0.25, -0.2) is 4.98 Å². The second-order valence-corrected chi connectivity index (χ2v) is 10.7. The van der Waals surface area contributed by atoms with Crippen LogP contribution in [0.4, 0.5) is 5.82 Å². The Hall–Kier alpha value is -2.94. The maximum atomic E-state index is 13.7. The van der Waals surface area contributed by atoms with Crippen LogP contribution in [0.25, 0.3) is 10.9 Å². The fourth-order valence-electron chi connectivity index (χ4n) is 5.68. The van der Waals surface area contributed by atoms with Gasteiger partial charge in [0, 0.05) is 37.4 Å². The highest BCUT2D eigenvalue weighted by Gasteiger charge is 2.62. The van der Waals surface area contributed by atoms with Gasteiger partial charge in [0.05, 0.1) is 6.61 Å². The minimum Gasteiger partial charge on any atom is -0.491 e. The van der Waals surface area contributed by atoms with Crippen molar-refractivity contribution in [2.45, 2.75) is 51.7 Å². The van der Waals surface area contributed by atoms with Gasteiger partial charge < -0.3 is 15.0 Å². The first kappa shape index (κ1) is 21.6. The number of carbonyl (C=O) groups is 2. The van der Waals surface area contributed by atoms with Crippen molar-refractivity contribution in [1.82, 2.24) is 19.7 Å². The number of nitrogens with one attached hydrogen (secondary N) is 1. The molecule has 1 unspecified atom stereocenters. The number of hydrogen-bond donors (Lipinski definition) is 1. The molecule has 2 aliphatic heterocycles. The first-order valence-corrected chi connectivity index (χ1v) is 12.5.